The number of halogens is 1. The molecule has 0 aliphatic heterocycles. The Kier molecular flexibility index (Phi) is 4.22. The van der Waals surface area contributed by atoms with Crippen molar-refractivity contribution in [2.24, 2.45) is 5.73 Å². The van der Waals surface area contributed by atoms with Gasteiger partial charge in [0.15, 0.2) is 0 Å². The van der Waals surface area contributed by atoms with Crippen LogP contribution in [0.1, 0.15) is 5.82 Å². The van der Waals surface area contributed by atoms with Crippen molar-refractivity contribution in [3.63, 3.8) is 0 Å². The van der Waals surface area contributed by atoms with E-state index in [0.717, 1.165) is 11.1 Å². The largest absolute Gasteiger partial charge is 0.508 e. The van der Waals surface area contributed by atoms with Crippen LogP contribution in [0.25, 0.3) is 11.1 Å². The molecule has 0 aliphatic rings. The van der Waals surface area contributed by atoms with Gasteiger partial charge in [-0.1, -0.05) is 12.1 Å². The van der Waals surface area contributed by atoms with Gasteiger partial charge in [-0.3, -0.25) is 0 Å². The number of aromatic hydroxyl groups is 1. The number of nitrogens with zero attached hydrogens (tertiary/aromatic N) is 2. The van der Waals surface area contributed by atoms with Crippen molar-refractivity contribution in [2.45, 2.75) is 6.54 Å². The van der Waals surface area contributed by atoms with E-state index in [0.29, 0.717) is 12.4 Å². The van der Waals surface area contributed by atoms with Crippen molar-refractivity contribution in [1.82, 2.24) is 9.97 Å². The summed E-state index contributed by atoms with van der Waals surface area (Å²) in [5.41, 5.74) is 7.28. The summed E-state index contributed by atoms with van der Waals surface area (Å²) < 4.78 is 0. The van der Waals surface area contributed by atoms with Crippen molar-refractivity contribution < 1.29 is 5.11 Å². The van der Waals surface area contributed by atoms with Gasteiger partial charge in [-0.15, -0.1) is 12.4 Å². The van der Waals surface area contributed by atoms with Crippen LogP contribution in [0, 0.1) is 0 Å². The number of benzene rings is 1. The lowest BCUT2D eigenvalue weighted by Crippen LogP contribution is -2.01. The zero-order valence-electron chi connectivity index (χ0n) is 8.50. The van der Waals surface area contributed by atoms with Gasteiger partial charge < -0.3 is 10.8 Å². The van der Waals surface area contributed by atoms with Gasteiger partial charge in [-0.2, -0.15) is 0 Å². The average Bonchev–Trinajstić information content (AvgIpc) is 2.30. The Morgan fingerprint density at radius 2 is 1.56 bits per heavy atom. The SMILES string of the molecule is Cl.NCc1ncc(-c2ccc(O)cc2)cn1. The summed E-state index contributed by atoms with van der Waals surface area (Å²) in [6.07, 6.45) is 3.45. The molecule has 16 heavy (non-hydrogen) atoms. The second kappa shape index (κ2) is 5.44. The molecule has 0 unspecified atom stereocenters. The molecule has 0 amide bonds. The predicted octanol–water partition coefficient (Wildman–Crippen LogP) is 1.73. The van der Waals surface area contributed by atoms with Crippen LogP contribution in [-0.2, 0) is 6.54 Å². The number of phenols is 1. The second-order valence-corrected chi connectivity index (χ2v) is 3.14. The molecule has 5 heteroatoms. The Bertz CT molecular complexity index is 442. The number of hydrogen-bond acceptors (Lipinski definition) is 4. The Hall–Kier alpha value is -1.65. The number of aromatic nitrogens is 2. The van der Waals surface area contributed by atoms with Gasteiger partial charge in [-0.05, 0) is 17.7 Å². The summed E-state index contributed by atoms with van der Waals surface area (Å²) in [5.74, 6) is 0.871. The van der Waals surface area contributed by atoms with Crippen LogP contribution in [0.2, 0.25) is 0 Å². The van der Waals surface area contributed by atoms with Crippen LogP contribution < -0.4 is 5.73 Å². The van der Waals surface area contributed by atoms with E-state index in [4.69, 9.17) is 10.8 Å². The predicted molar refractivity (Wildman–Crippen MR) is 64.3 cm³/mol. The third-order valence-corrected chi connectivity index (χ3v) is 2.09. The normalized spacial score (nSPS) is 9.56. The van der Waals surface area contributed by atoms with E-state index in [9.17, 15) is 0 Å². The van der Waals surface area contributed by atoms with E-state index in [1.54, 1.807) is 24.5 Å². The van der Waals surface area contributed by atoms with Gasteiger partial charge in [0.05, 0.1) is 6.54 Å². The topological polar surface area (TPSA) is 72.0 Å². The van der Waals surface area contributed by atoms with E-state index in [2.05, 4.69) is 9.97 Å². The molecule has 0 radical (unpaired) electrons. The molecule has 4 nitrogen and oxygen atoms in total. The Morgan fingerprint density at radius 3 is 2.06 bits per heavy atom. The monoisotopic (exact) mass is 237 g/mol. The molecular formula is C11H12ClN3O. The third kappa shape index (κ3) is 2.68. The summed E-state index contributed by atoms with van der Waals surface area (Å²) in [7, 11) is 0. The molecule has 0 atom stereocenters. The molecule has 0 saturated heterocycles. The zero-order valence-corrected chi connectivity index (χ0v) is 9.31. The summed E-state index contributed by atoms with van der Waals surface area (Å²) >= 11 is 0. The molecule has 0 spiro atoms. The molecular weight excluding hydrogens is 226 g/mol. The molecule has 1 aromatic heterocycles. The second-order valence-electron chi connectivity index (χ2n) is 3.14. The van der Waals surface area contributed by atoms with E-state index >= 15 is 0 Å². The molecule has 0 aliphatic carbocycles. The van der Waals surface area contributed by atoms with Crippen LogP contribution in [-0.4, -0.2) is 15.1 Å². The van der Waals surface area contributed by atoms with Crippen molar-refractivity contribution in [3.8, 4) is 16.9 Å². The highest BCUT2D eigenvalue weighted by atomic mass is 35.5. The van der Waals surface area contributed by atoms with Gasteiger partial charge in [0.25, 0.3) is 0 Å². The smallest absolute Gasteiger partial charge is 0.141 e. The van der Waals surface area contributed by atoms with Gasteiger partial charge in [0.1, 0.15) is 11.6 Å². The first kappa shape index (κ1) is 12.4. The molecule has 2 rings (SSSR count). The van der Waals surface area contributed by atoms with Crippen molar-refractivity contribution in [3.05, 3.63) is 42.5 Å². The lowest BCUT2D eigenvalue weighted by atomic mass is 10.1. The maximum atomic E-state index is 9.14. The summed E-state index contributed by atoms with van der Waals surface area (Å²) in [4.78, 5) is 8.19. The maximum absolute atomic E-state index is 9.14. The molecule has 3 N–H and O–H groups in total. The summed E-state index contributed by atoms with van der Waals surface area (Å²) in [6, 6.07) is 6.89. The van der Waals surface area contributed by atoms with Crippen LogP contribution in [0.4, 0.5) is 0 Å². The average molecular weight is 238 g/mol. The minimum atomic E-state index is 0. The number of phenolic OH excluding ortho intramolecular Hbond substituents is 1. The molecule has 1 heterocycles. The fourth-order valence-corrected chi connectivity index (χ4v) is 1.26. The first-order chi connectivity index (χ1) is 7.29. The highest BCUT2D eigenvalue weighted by Crippen LogP contribution is 2.20. The van der Waals surface area contributed by atoms with Crippen LogP contribution in [0.3, 0.4) is 0 Å². The third-order valence-electron chi connectivity index (χ3n) is 2.09. The number of hydrogen-bond donors (Lipinski definition) is 2. The van der Waals surface area contributed by atoms with Crippen LogP contribution >= 0.6 is 12.4 Å². The summed E-state index contributed by atoms with van der Waals surface area (Å²) in [6.45, 7) is 0.343. The molecule has 84 valence electrons. The fourth-order valence-electron chi connectivity index (χ4n) is 1.26. The van der Waals surface area contributed by atoms with Crippen molar-refractivity contribution in [1.29, 1.82) is 0 Å². The molecule has 1 aromatic carbocycles. The van der Waals surface area contributed by atoms with Gasteiger partial charge in [-0.25, -0.2) is 9.97 Å². The Labute approximate surface area is 99.6 Å². The Balaban J connectivity index is 0.00000128. The lowest BCUT2D eigenvalue weighted by molar-refractivity contribution is 0.475. The van der Waals surface area contributed by atoms with Crippen LogP contribution in [0.15, 0.2) is 36.7 Å². The molecule has 2 aromatic rings. The highest BCUT2D eigenvalue weighted by Gasteiger charge is 1.99. The number of rotatable bonds is 2. The van der Waals surface area contributed by atoms with Crippen molar-refractivity contribution in [2.75, 3.05) is 0 Å². The zero-order chi connectivity index (χ0) is 10.7. The maximum Gasteiger partial charge on any atom is 0.141 e. The van der Waals surface area contributed by atoms with E-state index < -0.39 is 0 Å². The quantitative estimate of drug-likeness (QED) is 0.835. The molecule has 0 fully saturated rings. The van der Waals surface area contributed by atoms with Crippen molar-refractivity contribution >= 4 is 12.4 Å². The standard InChI is InChI=1S/C11H11N3O.ClH/c12-5-11-13-6-9(7-14-11)8-1-3-10(15)4-2-8;/h1-4,6-7,15H,5,12H2;1H. The van der Waals surface area contributed by atoms with Gasteiger partial charge >= 0.3 is 0 Å². The highest BCUT2D eigenvalue weighted by molar-refractivity contribution is 5.85. The molecule has 0 bridgehead atoms. The van der Waals surface area contributed by atoms with E-state index in [1.807, 2.05) is 12.1 Å². The lowest BCUT2D eigenvalue weighted by Gasteiger charge is -2.01. The Morgan fingerprint density at radius 1 is 1.00 bits per heavy atom. The minimum absolute atomic E-state index is 0. The first-order valence-electron chi connectivity index (χ1n) is 4.60. The van der Waals surface area contributed by atoms with Crippen LogP contribution in [0.5, 0.6) is 5.75 Å². The fraction of sp³-hybridized carbons (Fsp3) is 0.0909. The summed E-state index contributed by atoms with van der Waals surface area (Å²) in [5, 5.41) is 9.14. The van der Waals surface area contributed by atoms with E-state index in [1.165, 1.54) is 0 Å². The van der Waals surface area contributed by atoms with E-state index in [-0.39, 0.29) is 18.2 Å². The van der Waals surface area contributed by atoms with Gasteiger partial charge in [0, 0.05) is 18.0 Å². The van der Waals surface area contributed by atoms with Gasteiger partial charge in [0.2, 0.25) is 0 Å². The molecule has 0 saturated carbocycles. The number of nitrogens with two attached hydrogens (primary N) is 1. The first-order valence-corrected chi connectivity index (χ1v) is 4.60. The minimum Gasteiger partial charge on any atom is -0.508 e.